The molecule has 4 radical (unpaired) electrons. The smallest absolute Gasteiger partial charge is 0.0865 e. The Morgan fingerprint density at radius 3 is 1.00 bits per heavy atom. The van der Waals surface area contributed by atoms with E-state index in [9.17, 15) is 0 Å². The summed E-state index contributed by atoms with van der Waals surface area (Å²) in [6, 6.07) is 0. The molecule has 0 fully saturated rings. The maximum Gasteiger partial charge on any atom is 0.130 e. The molecule has 0 amide bonds. The first kappa shape index (κ1) is 8.99. The molecule has 0 bridgehead atoms. The van der Waals surface area contributed by atoms with Crippen LogP contribution in [0.5, 0.6) is 0 Å². The summed E-state index contributed by atoms with van der Waals surface area (Å²) in [6.45, 7) is 7.33. The van der Waals surface area contributed by atoms with Gasteiger partial charge in [0.1, 0.15) is 6.71 Å². The molecule has 0 aliphatic heterocycles. The lowest BCUT2D eigenvalue weighted by Gasteiger charge is -1.71. The van der Waals surface area contributed by atoms with E-state index in [1.807, 2.05) is 0 Å². The summed E-state index contributed by atoms with van der Waals surface area (Å²) in [4.78, 5) is 0. The van der Waals surface area contributed by atoms with E-state index in [0.717, 1.165) is 6.71 Å². The van der Waals surface area contributed by atoms with Gasteiger partial charge < -0.3 is 0 Å². The summed E-state index contributed by atoms with van der Waals surface area (Å²) >= 11 is 0. The largest absolute Gasteiger partial charge is 0.130 e. The van der Waals surface area contributed by atoms with Crippen LogP contribution >= 0.6 is 0 Å². The van der Waals surface area contributed by atoms with E-state index in [0.29, 0.717) is 0 Å². The molecule has 0 N–H and O–H groups in total. The van der Waals surface area contributed by atoms with Crippen molar-refractivity contribution in [3.8, 4) is 0 Å². The molecular weight excluding hydrogens is 74.9 g/mol. The lowest BCUT2D eigenvalue weighted by atomic mass is 9.58. The van der Waals surface area contributed by atoms with Gasteiger partial charge in [-0.05, 0) is 0 Å². The van der Waals surface area contributed by atoms with E-state index in [2.05, 4.69) is 20.5 Å². The van der Waals surface area contributed by atoms with Gasteiger partial charge in [0.2, 0.25) is 0 Å². The number of hydrogen-bond donors (Lipinski definition) is 0. The third kappa shape index (κ3) is 281. The van der Waals surface area contributed by atoms with Gasteiger partial charge in [-0.3, -0.25) is 0 Å². The van der Waals surface area contributed by atoms with Crippen molar-refractivity contribution in [3.05, 3.63) is 0 Å². The predicted octanol–water partition coefficient (Wildman–Crippen LogP) is 0.990. The molecule has 0 nitrogen and oxygen atoms in total. The van der Waals surface area contributed by atoms with E-state index in [-0.39, 0.29) is 11.0 Å². The molecule has 0 aromatic rings. The Labute approximate surface area is 39.1 Å². The van der Waals surface area contributed by atoms with Crippen LogP contribution in [0.3, 0.4) is 0 Å². The minimum atomic E-state index is 0. The van der Waals surface area contributed by atoms with Crippen LogP contribution in [0.15, 0.2) is 0 Å². The Bertz CT molecular complexity index is 11.6. The van der Waals surface area contributed by atoms with E-state index in [4.69, 9.17) is 0 Å². The SMILES string of the molecule is CB(C)C.[Si]. The first-order chi connectivity index (χ1) is 1.73. The molecular formula is C3H9BSi. The minimum absolute atomic E-state index is 0. The van der Waals surface area contributed by atoms with Crippen molar-refractivity contribution in [1.82, 2.24) is 0 Å². The topological polar surface area (TPSA) is 0 Å². The first-order valence-electron chi connectivity index (χ1n) is 1.73. The maximum absolute atomic E-state index is 2.17. The average Bonchev–Trinajstić information content (AvgIpc) is 0.811. The van der Waals surface area contributed by atoms with Gasteiger partial charge in [-0.2, -0.15) is 0 Å². The number of hydrogen-bond acceptors (Lipinski definition) is 0. The monoisotopic (exact) mass is 84.1 g/mol. The fraction of sp³-hybridized carbons (Fsp3) is 1.00. The predicted molar refractivity (Wildman–Crippen MR) is 29.1 cm³/mol. The highest BCUT2D eigenvalue weighted by atomic mass is 28.1. The van der Waals surface area contributed by atoms with E-state index >= 15 is 0 Å². The Hall–Kier alpha value is 0.282. The molecule has 0 aromatic carbocycles. The van der Waals surface area contributed by atoms with Gasteiger partial charge >= 0.3 is 0 Å². The second kappa shape index (κ2) is 4.28. The molecule has 0 atom stereocenters. The summed E-state index contributed by atoms with van der Waals surface area (Å²) in [6.07, 6.45) is 0. The van der Waals surface area contributed by atoms with Crippen LogP contribution in [0.25, 0.3) is 0 Å². The molecule has 2 heteroatoms. The Kier molecular flexibility index (Phi) is 7.70. The van der Waals surface area contributed by atoms with Crippen LogP contribution < -0.4 is 0 Å². The van der Waals surface area contributed by atoms with Crippen molar-refractivity contribution in [3.63, 3.8) is 0 Å². The summed E-state index contributed by atoms with van der Waals surface area (Å²) in [5, 5.41) is 0. The Balaban J connectivity index is 0. The highest BCUT2D eigenvalue weighted by Gasteiger charge is 1.76. The summed E-state index contributed by atoms with van der Waals surface area (Å²) in [7, 11) is 0. The zero-order chi connectivity index (χ0) is 3.58. The summed E-state index contributed by atoms with van der Waals surface area (Å²) in [5.41, 5.74) is 0. The molecule has 0 aliphatic carbocycles. The van der Waals surface area contributed by atoms with Crippen LogP contribution in [-0.2, 0) is 0 Å². The van der Waals surface area contributed by atoms with Crippen molar-refractivity contribution in [1.29, 1.82) is 0 Å². The van der Waals surface area contributed by atoms with E-state index in [1.165, 1.54) is 0 Å². The van der Waals surface area contributed by atoms with E-state index in [1.54, 1.807) is 0 Å². The van der Waals surface area contributed by atoms with Gasteiger partial charge in [-0.25, -0.2) is 0 Å². The quantitative estimate of drug-likeness (QED) is 0.384. The molecule has 28 valence electrons. The lowest BCUT2D eigenvalue weighted by Crippen LogP contribution is -1.84. The maximum atomic E-state index is 2.17. The zero-order valence-electron chi connectivity index (χ0n) is 4.08. The fourth-order valence-electron chi connectivity index (χ4n) is 0. The van der Waals surface area contributed by atoms with Crippen molar-refractivity contribution in [2.75, 3.05) is 0 Å². The highest BCUT2D eigenvalue weighted by Crippen LogP contribution is 1.68. The third-order valence-corrected chi connectivity index (χ3v) is 0. The highest BCUT2D eigenvalue weighted by molar-refractivity contribution is 6.54. The van der Waals surface area contributed by atoms with E-state index < -0.39 is 0 Å². The molecule has 0 unspecified atom stereocenters. The summed E-state index contributed by atoms with van der Waals surface area (Å²) in [5.74, 6) is 0. The normalized spacial score (nSPS) is 5.40. The first-order valence-corrected chi connectivity index (χ1v) is 1.73. The molecule has 0 aromatic heterocycles. The Morgan fingerprint density at radius 2 is 1.00 bits per heavy atom. The molecule has 0 saturated carbocycles. The number of rotatable bonds is 0. The second-order valence-electron chi connectivity index (χ2n) is 1.73. The van der Waals surface area contributed by atoms with Crippen LogP contribution in [-0.4, -0.2) is 17.7 Å². The molecule has 0 spiro atoms. The standard InChI is InChI=1S/C3H9B.Si/c1-4(2)3;/h1-3H3;. The third-order valence-electron chi connectivity index (χ3n) is 0. The van der Waals surface area contributed by atoms with Crippen molar-refractivity contribution >= 4 is 17.7 Å². The van der Waals surface area contributed by atoms with Crippen molar-refractivity contribution in [2.45, 2.75) is 20.5 Å². The molecule has 5 heavy (non-hydrogen) atoms. The van der Waals surface area contributed by atoms with Gasteiger partial charge in [0.15, 0.2) is 0 Å². The summed E-state index contributed by atoms with van der Waals surface area (Å²) < 4.78 is 0. The van der Waals surface area contributed by atoms with Crippen LogP contribution in [0.4, 0.5) is 0 Å². The van der Waals surface area contributed by atoms with Crippen molar-refractivity contribution in [2.24, 2.45) is 0 Å². The lowest BCUT2D eigenvalue weighted by molar-refractivity contribution is 1.91. The van der Waals surface area contributed by atoms with Crippen molar-refractivity contribution < 1.29 is 0 Å². The van der Waals surface area contributed by atoms with Gasteiger partial charge in [0.25, 0.3) is 0 Å². The zero-order valence-corrected chi connectivity index (χ0v) is 5.08. The van der Waals surface area contributed by atoms with Gasteiger partial charge in [-0.15, -0.1) is 0 Å². The fourth-order valence-corrected chi connectivity index (χ4v) is 0. The Morgan fingerprint density at radius 1 is 1.00 bits per heavy atom. The molecule has 0 heterocycles. The van der Waals surface area contributed by atoms with Crippen LogP contribution in [0.2, 0.25) is 20.5 Å². The second-order valence-corrected chi connectivity index (χ2v) is 1.73. The minimum Gasteiger partial charge on any atom is -0.0865 e. The van der Waals surface area contributed by atoms with Crippen LogP contribution in [0, 0.1) is 0 Å². The molecule has 0 aliphatic rings. The average molecular weight is 84.0 g/mol. The molecule has 0 rings (SSSR count). The van der Waals surface area contributed by atoms with Crippen LogP contribution in [0.1, 0.15) is 0 Å². The molecule has 0 saturated heterocycles. The van der Waals surface area contributed by atoms with Gasteiger partial charge in [0, 0.05) is 11.0 Å². The van der Waals surface area contributed by atoms with Gasteiger partial charge in [0.05, 0.1) is 0 Å². The van der Waals surface area contributed by atoms with Gasteiger partial charge in [-0.1, -0.05) is 20.5 Å².